The van der Waals surface area contributed by atoms with Crippen LogP contribution in [0.15, 0.2) is 89.8 Å². The predicted octanol–water partition coefficient (Wildman–Crippen LogP) is 5.55. The molecule has 0 bridgehead atoms. The number of hydrogen-bond donors (Lipinski definition) is 1. The second-order valence-corrected chi connectivity index (χ2v) is 13.6. The lowest BCUT2D eigenvalue weighted by Crippen LogP contribution is -2.59. The maximum Gasteiger partial charge on any atom is 0.243 e. The summed E-state index contributed by atoms with van der Waals surface area (Å²) in [7, 11) is -3.59. The summed E-state index contributed by atoms with van der Waals surface area (Å²) in [5.41, 5.74) is 1.35. The van der Waals surface area contributed by atoms with Crippen LogP contribution in [0, 0.1) is 5.41 Å². The van der Waals surface area contributed by atoms with Crippen molar-refractivity contribution in [3.63, 3.8) is 0 Å². The summed E-state index contributed by atoms with van der Waals surface area (Å²) in [6.45, 7) is 6.95. The maximum atomic E-state index is 13.6. The Hall–Kier alpha value is -3.20. The molecule has 0 radical (unpaired) electrons. The van der Waals surface area contributed by atoms with Crippen molar-refractivity contribution in [1.82, 2.24) is 9.21 Å². The second kappa shape index (κ2) is 11.7. The molecule has 212 valence electrons. The first kappa shape index (κ1) is 28.3. The normalized spacial score (nSPS) is 19.2. The number of piperidine rings is 2. The zero-order valence-corrected chi connectivity index (χ0v) is 24.2. The maximum absolute atomic E-state index is 13.6. The van der Waals surface area contributed by atoms with Crippen LogP contribution in [0.3, 0.4) is 0 Å². The quantitative estimate of drug-likeness (QED) is 0.390. The third kappa shape index (κ3) is 6.57. The topological polar surface area (TPSA) is 79.0 Å². The molecule has 0 atom stereocenters. The Bertz CT molecular complexity index is 1390. The Morgan fingerprint density at radius 1 is 0.850 bits per heavy atom. The van der Waals surface area contributed by atoms with Crippen LogP contribution in [0.25, 0.3) is 0 Å². The molecule has 2 fully saturated rings. The number of nitrogens with one attached hydrogen (secondary N) is 1. The SMILES string of the molecule is CC1(C)CCC2(CCN(CC(=O)Nc3ccc(OCc4ccccc4)cc3)CC2)CN1S(=O)(=O)c1ccccc1. The highest BCUT2D eigenvalue weighted by Crippen LogP contribution is 2.46. The fourth-order valence-corrected chi connectivity index (χ4v) is 7.74. The van der Waals surface area contributed by atoms with E-state index in [1.165, 1.54) is 0 Å². The van der Waals surface area contributed by atoms with Crippen LogP contribution >= 0.6 is 0 Å². The van der Waals surface area contributed by atoms with Crippen molar-refractivity contribution in [2.45, 2.75) is 56.6 Å². The molecule has 0 aromatic heterocycles. The summed E-state index contributed by atoms with van der Waals surface area (Å²) in [6, 6.07) is 26.2. The molecule has 2 aliphatic heterocycles. The Morgan fingerprint density at radius 3 is 2.12 bits per heavy atom. The van der Waals surface area contributed by atoms with Gasteiger partial charge < -0.3 is 10.1 Å². The van der Waals surface area contributed by atoms with Gasteiger partial charge in [-0.2, -0.15) is 4.31 Å². The molecule has 1 amide bonds. The number of anilines is 1. The van der Waals surface area contributed by atoms with Gasteiger partial charge in [-0.3, -0.25) is 9.69 Å². The number of rotatable bonds is 8. The molecule has 2 aliphatic rings. The van der Waals surface area contributed by atoms with Crippen LogP contribution in [0.1, 0.15) is 45.1 Å². The van der Waals surface area contributed by atoms with Crippen molar-refractivity contribution in [1.29, 1.82) is 0 Å². The summed E-state index contributed by atoms with van der Waals surface area (Å²) < 4.78 is 34.7. The number of sulfonamides is 1. The van der Waals surface area contributed by atoms with Crippen LogP contribution in [-0.2, 0) is 21.4 Å². The van der Waals surface area contributed by atoms with Crippen LogP contribution in [0.2, 0.25) is 0 Å². The fourth-order valence-electron chi connectivity index (χ4n) is 5.80. The molecule has 0 aliphatic carbocycles. The molecule has 0 saturated carbocycles. The summed E-state index contributed by atoms with van der Waals surface area (Å²) in [5, 5.41) is 2.99. The average molecular weight is 562 g/mol. The Balaban J connectivity index is 1.13. The molecule has 40 heavy (non-hydrogen) atoms. The highest BCUT2D eigenvalue weighted by Gasteiger charge is 2.49. The highest BCUT2D eigenvalue weighted by atomic mass is 32.2. The van der Waals surface area contributed by atoms with E-state index in [-0.39, 0.29) is 11.3 Å². The fraction of sp³-hybridized carbons (Fsp3) is 0.406. The van der Waals surface area contributed by atoms with E-state index >= 15 is 0 Å². The molecular weight excluding hydrogens is 522 g/mol. The first-order valence-corrected chi connectivity index (χ1v) is 15.5. The number of ether oxygens (including phenoxy) is 1. The van der Waals surface area contributed by atoms with E-state index in [9.17, 15) is 13.2 Å². The monoisotopic (exact) mass is 561 g/mol. The standard InChI is InChI=1S/C32H39N3O4S/c1-31(2)17-18-32(25-35(31)40(37,38)29-11-7-4-8-12-29)19-21-34(22-20-32)23-30(36)33-27-13-15-28(16-14-27)39-24-26-9-5-3-6-10-26/h3-16H,17-25H2,1-2H3,(H,33,36). The number of hydrogen-bond acceptors (Lipinski definition) is 5. The van der Waals surface area contributed by atoms with Crippen molar-refractivity contribution < 1.29 is 17.9 Å². The molecule has 7 nitrogen and oxygen atoms in total. The smallest absolute Gasteiger partial charge is 0.243 e. The Kier molecular flexibility index (Phi) is 8.31. The van der Waals surface area contributed by atoms with Crippen LogP contribution in [0.4, 0.5) is 5.69 Å². The molecule has 3 aromatic carbocycles. The van der Waals surface area contributed by atoms with Gasteiger partial charge in [0.05, 0.1) is 11.4 Å². The summed E-state index contributed by atoms with van der Waals surface area (Å²) in [5.74, 6) is 0.703. The number of nitrogens with zero attached hydrogens (tertiary/aromatic N) is 2. The van der Waals surface area contributed by atoms with Gasteiger partial charge in [0, 0.05) is 17.8 Å². The van der Waals surface area contributed by atoms with Crippen molar-refractivity contribution >= 4 is 21.6 Å². The molecule has 2 heterocycles. The van der Waals surface area contributed by atoms with Gasteiger partial charge in [0.25, 0.3) is 0 Å². The lowest BCUT2D eigenvalue weighted by molar-refractivity contribution is -0.118. The van der Waals surface area contributed by atoms with Crippen molar-refractivity contribution in [3.8, 4) is 5.75 Å². The van der Waals surface area contributed by atoms with Crippen LogP contribution < -0.4 is 10.1 Å². The summed E-state index contributed by atoms with van der Waals surface area (Å²) in [6.07, 6.45) is 3.58. The van der Waals surface area contributed by atoms with Crippen LogP contribution in [-0.4, -0.2) is 55.2 Å². The largest absolute Gasteiger partial charge is 0.489 e. The summed E-state index contributed by atoms with van der Waals surface area (Å²) >= 11 is 0. The van der Waals surface area contributed by atoms with E-state index in [1.807, 2.05) is 74.5 Å². The molecule has 0 unspecified atom stereocenters. The molecule has 1 spiro atoms. The lowest BCUT2D eigenvalue weighted by Gasteiger charge is -2.53. The van der Waals surface area contributed by atoms with E-state index in [1.54, 1.807) is 28.6 Å². The Labute approximate surface area is 238 Å². The minimum atomic E-state index is -3.59. The van der Waals surface area contributed by atoms with Crippen molar-refractivity contribution in [2.24, 2.45) is 5.41 Å². The third-order valence-electron chi connectivity index (χ3n) is 8.42. The van der Waals surface area contributed by atoms with E-state index < -0.39 is 15.6 Å². The Morgan fingerprint density at radius 2 is 1.48 bits per heavy atom. The van der Waals surface area contributed by atoms with Gasteiger partial charge in [-0.15, -0.1) is 0 Å². The first-order chi connectivity index (χ1) is 19.2. The van der Waals surface area contributed by atoms with E-state index in [4.69, 9.17) is 4.74 Å². The number of benzene rings is 3. The third-order valence-corrected chi connectivity index (χ3v) is 10.5. The van der Waals surface area contributed by atoms with Gasteiger partial charge in [0.2, 0.25) is 15.9 Å². The minimum absolute atomic E-state index is 0.0491. The molecule has 3 aromatic rings. The van der Waals surface area contributed by atoms with Gasteiger partial charge in [0.1, 0.15) is 12.4 Å². The van der Waals surface area contributed by atoms with Gasteiger partial charge in [-0.1, -0.05) is 48.5 Å². The van der Waals surface area contributed by atoms with E-state index in [2.05, 4.69) is 10.2 Å². The zero-order valence-electron chi connectivity index (χ0n) is 23.4. The van der Waals surface area contributed by atoms with Gasteiger partial charge in [-0.05, 0) is 100.0 Å². The highest BCUT2D eigenvalue weighted by molar-refractivity contribution is 7.89. The van der Waals surface area contributed by atoms with Gasteiger partial charge in [0.15, 0.2) is 0 Å². The number of amides is 1. The minimum Gasteiger partial charge on any atom is -0.489 e. The number of likely N-dealkylation sites (tertiary alicyclic amines) is 1. The van der Waals surface area contributed by atoms with Crippen molar-refractivity contribution in [2.75, 3.05) is 31.5 Å². The predicted molar refractivity (Wildman–Crippen MR) is 158 cm³/mol. The van der Waals surface area contributed by atoms with E-state index in [0.29, 0.717) is 24.6 Å². The lowest BCUT2D eigenvalue weighted by atomic mass is 9.69. The first-order valence-electron chi connectivity index (χ1n) is 14.0. The molecule has 8 heteroatoms. The number of carbonyl (C=O) groups is 1. The van der Waals surface area contributed by atoms with Gasteiger partial charge in [-0.25, -0.2) is 8.42 Å². The van der Waals surface area contributed by atoms with E-state index in [0.717, 1.165) is 55.8 Å². The average Bonchev–Trinajstić information content (AvgIpc) is 2.96. The van der Waals surface area contributed by atoms with Crippen LogP contribution in [0.5, 0.6) is 5.75 Å². The zero-order chi connectivity index (χ0) is 28.2. The molecule has 1 N–H and O–H groups in total. The van der Waals surface area contributed by atoms with Gasteiger partial charge >= 0.3 is 0 Å². The second-order valence-electron chi connectivity index (χ2n) is 11.8. The molecule has 5 rings (SSSR count). The summed E-state index contributed by atoms with van der Waals surface area (Å²) in [4.78, 5) is 15.3. The molecule has 2 saturated heterocycles. The number of carbonyl (C=O) groups excluding carboxylic acids is 1. The molecular formula is C32H39N3O4S. The van der Waals surface area contributed by atoms with Crippen molar-refractivity contribution in [3.05, 3.63) is 90.5 Å².